The fraction of sp³-hybridized carbons (Fsp3) is 0.500. The summed E-state index contributed by atoms with van der Waals surface area (Å²) in [5, 5.41) is 3.11. The highest BCUT2D eigenvalue weighted by Gasteiger charge is 2.15. The molecule has 2 nitrogen and oxygen atoms in total. The number of rotatable bonds is 6. The number of benzene rings is 1. The third-order valence-electron chi connectivity index (χ3n) is 2.99. The quantitative estimate of drug-likeness (QED) is 0.745. The van der Waals surface area contributed by atoms with Crippen molar-refractivity contribution in [2.45, 2.75) is 26.7 Å². The molecule has 0 fully saturated rings. The van der Waals surface area contributed by atoms with Gasteiger partial charge in [-0.25, -0.2) is 0 Å². The van der Waals surface area contributed by atoms with Gasteiger partial charge in [0.1, 0.15) is 0 Å². The summed E-state index contributed by atoms with van der Waals surface area (Å²) in [5.74, 6) is 0.393. The van der Waals surface area contributed by atoms with Crippen LogP contribution in [0.4, 0.5) is 0 Å². The summed E-state index contributed by atoms with van der Waals surface area (Å²) in [5.41, 5.74) is 2.05. The number of carbonyl (C=O) groups is 1. The second-order valence-electron chi connectivity index (χ2n) is 4.18. The Morgan fingerprint density at radius 1 is 1.38 bits per heavy atom. The summed E-state index contributed by atoms with van der Waals surface area (Å²) >= 11 is 0. The molecular weight excluding hydrogens is 198 g/mol. The lowest BCUT2D eigenvalue weighted by Gasteiger charge is -2.12. The minimum absolute atomic E-state index is 0.121. The van der Waals surface area contributed by atoms with E-state index in [0.29, 0.717) is 0 Å². The van der Waals surface area contributed by atoms with Crippen molar-refractivity contribution in [3.8, 4) is 0 Å². The minimum Gasteiger partial charge on any atom is -0.319 e. The van der Waals surface area contributed by atoms with E-state index in [1.54, 1.807) is 0 Å². The zero-order valence-electron chi connectivity index (χ0n) is 10.4. The van der Waals surface area contributed by atoms with Crippen LogP contribution in [0, 0.1) is 5.92 Å². The molecule has 0 spiro atoms. The molecule has 0 aliphatic carbocycles. The van der Waals surface area contributed by atoms with Crippen LogP contribution in [0.5, 0.6) is 0 Å². The Kier molecular flexibility index (Phi) is 5.20. The second-order valence-corrected chi connectivity index (χ2v) is 4.18. The highest BCUT2D eigenvalue weighted by Crippen LogP contribution is 2.16. The lowest BCUT2D eigenvalue weighted by molar-refractivity contribution is 0.0926. The van der Waals surface area contributed by atoms with Gasteiger partial charge >= 0.3 is 0 Å². The van der Waals surface area contributed by atoms with Gasteiger partial charge in [-0.3, -0.25) is 4.79 Å². The SMILES string of the molecule is CCC(C)C(=O)c1ccccc1CCNC. The second kappa shape index (κ2) is 6.44. The van der Waals surface area contributed by atoms with Crippen molar-refractivity contribution >= 4 is 5.78 Å². The summed E-state index contributed by atoms with van der Waals surface area (Å²) in [6.07, 6.45) is 1.81. The van der Waals surface area contributed by atoms with Gasteiger partial charge in [-0.2, -0.15) is 0 Å². The van der Waals surface area contributed by atoms with Crippen molar-refractivity contribution in [3.05, 3.63) is 35.4 Å². The molecule has 16 heavy (non-hydrogen) atoms. The first-order valence-electron chi connectivity index (χ1n) is 5.97. The van der Waals surface area contributed by atoms with Crippen LogP contribution in [0.1, 0.15) is 36.2 Å². The molecule has 1 unspecified atom stereocenters. The van der Waals surface area contributed by atoms with Crippen LogP contribution in [0.2, 0.25) is 0 Å². The standard InChI is InChI=1S/C14H21NO/c1-4-11(2)14(16)13-8-6-5-7-12(13)9-10-15-3/h5-8,11,15H,4,9-10H2,1-3H3. The average Bonchev–Trinajstić information content (AvgIpc) is 2.34. The average molecular weight is 219 g/mol. The van der Waals surface area contributed by atoms with E-state index in [0.717, 1.165) is 30.5 Å². The van der Waals surface area contributed by atoms with Crippen molar-refractivity contribution in [1.29, 1.82) is 0 Å². The molecule has 0 bridgehead atoms. The number of hydrogen-bond acceptors (Lipinski definition) is 2. The normalized spacial score (nSPS) is 12.4. The molecule has 0 heterocycles. The predicted octanol–water partition coefficient (Wildman–Crippen LogP) is 2.68. The molecule has 88 valence electrons. The van der Waals surface area contributed by atoms with Crippen LogP contribution in [-0.4, -0.2) is 19.4 Å². The molecule has 0 saturated carbocycles. The summed E-state index contributed by atoms with van der Waals surface area (Å²) < 4.78 is 0. The first-order chi connectivity index (χ1) is 7.70. The number of carbonyl (C=O) groups excluding carboxylic acids is 1. The fourth-order valence-electron chi connectivity index (χ4n) is 1.69. The summed E-state index contributed by atoms with van der Waals surface area (Å²) in [7, 11) is 1.93. The maximum Gasteiger partial charge on any atom is 0.165 e. The topological polar surface area (TPSA) is 29.1 Å². The van der Waals surface area contributed by atoms with E-state index < -0.39 is 0 Å². The van der Waals surface area contributed by atoms with Crippen molar-refractivity contribution in [2.75, 3.05) is 13.6 Å². The van der Waals surface area contributed by atoms with Crippen molar-refractivity contribution in [1.82, 2.24) is 5.32 Å². The molecule has 0 aliphatic rings. The Bertz CT molecular complexity index is 346. The number of nitrogens with one attached hydrogen (secondary N) is 1. The Labute approximate surface area is 98.1 Å². The lowest BCUT2D eigenvalue weighted by Crippen LogP contribution is -2.16. The fourth-order valence-corrected chi connectivity index (χ4v) is 1.69. The van der Waals surface area contributed by atoms with Crippen LogP contribution >= 0.6 is 0 Å². The van der Waals surface area contributed by atoms with Crippen LogP contribution in [-0.2, 0) is 6.42 Å². The van der Waals surface area contributed by atoms with Gasteiger partial charge in [-0.15, -0.1) is 0 Å². The number of Topliss-reactive ketones (excluding diaryl/α,β-unsaturated/α-hetero) is 1. The van der Waals surface area contributed by atoms with Gasteiger partial charge in [0.25, 0.3) is 0 Å². The third-order valence-corrected chi connectivity index (χ3v) is 2.99. The molecule has 2 heteroatoms. The summed E-state index contributed by atoms with van der Waals surface area (Å²) in [4.78, 5) is 12.1. The van der Waals surface area contributed by atoms with Gasteiger partial charge in [-0.05, 0) is 32.0 Å². The third kappa shape index (κ3) is 3.17. The van der Waals surface area contributed by atoms with Crippen molar-refractivity contribution in [2.24, 2.45) is 5.92 Å². The van der Waals surface area contributed by atoms with Crippen LogP contribution in [0.15, 0.2) is 24.3 Å². The Balaban J connectivity index is 2.89. The first-order valence-corrected chi connectivity index (χ1v) is 5.97. The maximum atomic E-state index is 12.1. The lowest BCUT2D eigenvalue weighted by atomic mass is 9.92. The Morgan fingerprint density at radius 3 is 2.69 bits per heavy atom. The van der Waals surface area contributed by atoms with Gasteiger partial charge in [0.2, 0.25) is 0 Å². The molecule has 1 aromatic rings. The molecule has 0 saturated heterocycles. The van der Waals surface area contributed by atoms with E-state index in [2.05, 4.69) is 12.2 Å². The molecule has 0 aromatic heterocycles. The maximum absolute atomic E-state index is 12.1. The molecular formula is C14H21NO. The van der Waals surface area contributed by atoms with E-state index in [1.165, 1.54) is 0 Å². The molecule has 1 rings (SSSR count). The molecule has 1 atom stereocenters. The molecule has 1 aromatic carbocycles. The minimum atomic E-state index is 0.121. The zero-order chi connectivity index (χ0) is 12.0. The monoisotopic (exact) mass is 219 g/mol. The highest BCUT2D eigenvalue weighted by atomic mass is 16.1. The van der Waals surface area contributed by atoms with Crippen molar-refractivity contribution < 1.29 is 4.79 Å². The van der Waals surface area contributed by atoms with Crippen LogP contribution < -0.4 is 5.32 Å². The molecule has 1 N–H and O–H groups in total. The summed E-state index contributed by atoms with van der Waals surface area (Å²) in [6.45, 7) is 4.96. The molecule has 0 amide bonds. The van der Waals surface area contributed by atoms with Gasteiger partial charge in [0.05, 0.1) is 0 Å². The van der Waals surface area contributed by atoms with Crippen LogP contribution in [0.25, 0.3) is 0 Å². The largest absolute Gasteiger partial charge is 0.319 e. The Morgan fingerprint density at radius 2 is 2.06 bits per heavy atom. The Hall–Kier alpha value is -1.15. The van der Waals surface area contributed by atoms with Gasteiger partial charge < -0.3 is 5.32 Å². The number of likely N-dealkylation sites (N-methyl/N-ethyl adjacent to an activating group) is 1. The van der Waals surface area contributed by atoms with Gasteiger partial charge in [0.15, 0.2) is 5.78 Å². The van der Waals surface area contributed by atoms with E-state index in [4.69, 9.17) is 0 Å². The predicted molar refractivity (Wildman–Crippen MR) is 67.9 cm³/mol. The zero-order valence-corrected chi connectivity index (χ0v) is 10.4. The molecule has 0 aliphatic heterocycles. The van der Waals surface area contributed by atoms with E-state index in [-0.39, 0.29) is 11.7 Å². The molecule has 0 radical (unpaired) electrons. The summed E-state index contributed by atoms with van der Waals surface area (Å²) in [6, 6.07) is 7.93. The van der Waals surface area contributed by atoms with Crippen molar-refractivity contribution in [3.63, 3.8) is 0 Å². The van der Waals surface area contributed by atoms with E-state index in [1.807, 2.05) is 38.2 Å². The number of hydrogen-bond donors (Lipinski definition) is 1. The van der Waals surface area contributed by atoms with E-state index in [9.17, 15) is 4.79 Å². The smallest absolute Gasteiger partial charge is 0.165 e. The highest BCUT2D eigenvalue weighted by molar-refractivity contribution is 5.98. The van der Waals surface area contributed by atoms with Gasteiger partial charge in [0, 0.05) is 11.5 Å². The van der Waals surface area contributed by atoms with E-state index >= 15 is 0 Å². The van der Waals surface area contributed by atoms with Crippen LogP contribution in [0.3, 0.4) is 0 Å². The number of ketones is 1. The van der Waals surface area contributed by atoms with Gasteiger partial charge in [-0.1, -0.05) is 38.1 Å². The first kappa shape index (κ1) is 12.9.